The molecule has 1 unspecified atom stereocenters. The highest BCUT2D eigenvalue weighted by Crippen LogP contribution is 2.22. The van der Waals surface area contributed by atoms with Crippen molar-refractivity contribution in [2.45, 2.75) is 32.7 Å². The molecule has 1 aliphatic rings. The van der Waals surface area contributed by atoms with Crippen molar-refractivity contribution < 1.29 is 14.7 Å². The lowest BCUT2D eigenvalue weighted by Crippen LogP contribution is -2.41. The average molecular weight is 287 g/mol. The number of pyridine rings is 1. The lowest BCUT2D eigenvalue weighted by molar-refractivity contribution is -0.141. The van der Waals surface area contributed by atoms with Gasteiger partial charge in [-0.2, -0.15) is 0 Å². The van der Waals surface area contributed by atoms with E-state index in [1.807, 2.05) is 25.3 Å². The zero-order valence-corrected chi connectivity index (χ0v) is 12.0. The van der Waals surface area contributed by atoms with Crippen LogP contribution in [0.1, 0.15) is 34.6 Å². The molecule has 21 heavy (non-hydrogen) atoms. The molecule has 0 bridgehead atoms. The normalized spacial score (nSPS) is 18.4. The molecule has 0 spiro atoms. The highest BCUT2D eigenvalue weighted by molar-refractivity contribution is 5.97. The minimum Gasteiger partial charge on any atom is -0.480 e. The van der Waals surface area contributed by atoms with Crippen LogP contribution in [0, 0.1) is 13.8 Å². The number of aliphatic carboxylic acids is 1. The Bertz CT molecular complexity index is 735. The number of nitrogens with zero attached hydrogens (tertiary/aromatic N) is 3. The first-order chi connectivity index (χ1) is 9.99. The molecule has 6 heteroatoms. The molecule has 1 N–H and O–H groups in total. The smallest absolute Gasteiger partial charge is 0.326 e. The highest BCUT2D eigenvalue weighted by Gasteiger charge is 2.36. The lowest BCUT2D eigenvalue weighted by atomic mass is 10.2. The third kappa shape index (κ3) is 2.16. The summed E-state index contributed by atoms with van der Waals surface area (Å²) in [6, 6.07) is 3.08. The second kappa shape index (κ2) is 4.87. The van der Waals surface area contributed by atoms with Crippen LogP contribution in [0.25, 0.3) is 5.65 Å². The van der Waals surface area contributed by atoms with Crippen LogP contribution in [0.4, 0.5) is 0 Å². The van der Waals surface area contributed by atoms with E-state index in [-0.39, 0.29) is 5.91 Å². The van der Waals surface area contributed by atoms with E-state index in [0.29, 0.717) is 30.0 Å². The largest absolute Gasteiger partial charge is 0.480 e. The third-order valence-electron chi connectivity index (χ3n) is 3.96. The number of carboxylic acids is 1. The first-order valence-electron chi connectivity index (χ1n) is 6.98. The van der Waals surface area contributed by atoms with Gasteiger partial charge in [0.05, 0.1) is 5.69 Å². The molecule has 0 saturated carbocycles. The molecule has 0 aromatic carbocycles. The van der Waals surface area contributed by atoms with Gasteiger partial charge in [-0.05, 0) is 44.4 Å². The van der Waals surface area contributed by atoms with E-state index >= 15 is 0 Å². The van der Waals surface area contributed by atoms with Crippen molar-refractivity contribution in [3.05, 3.63) is 35.3 Å². The Morgan fingerprint density at radius 3 is 2.86 bits per heavy atom. The second-order valence-corrected chi connectivity index (χ2v) is 5.47. The summed E-state index contributed by atoms with van der Waals surface area (Å²) in [5.74, 6) is -1.20. The maximum Gasteiger partial charge on any atom is 0.326 e. The van der Waals surface area contributed by atoms with Gasteiger partial charge in [-0.3, -0.25) is 9.20 Å². The van der Waals surface area contributed by atoms with Gasteiger partial charge < -0.3 is 10.0 Å². The summed E-state index contributed by atoms with van der Waals surface area (Å²) in [6.07, 6.45) is 3.04. The number of hydrogen-bond acceptors (Lipinski definition) is 3. The number of carboxylic acid groups (broad SMARTS) is 1. The molecular formula is C15H17N3O3. The van der Waals surface area contributed by atoms with Crippen LogP contribution in [0.5, 0.6) is 0 Å². The minimum absolute atomic E-state index is 0.256. The number of amides is 1. The highest BCUT2D eigenvalue weighted by atomic mass is 16.4. The van der Waals surface area contributed by atoms with E-state index in [4.69, 9.17) is 0 Å². The van der Waals surface area contributed by atoms with Crippen LogP contribution in [-0.2, 0) is 4.79 Å². The molecule has 0 radical (unpaired) electrons. The van der Waals surface area contributed by atoms with E-state index in [1.54, 1.807) is 11.3 Å². The first-order valence-corrected chi connectivity index (χ1v) is 6.98. The van der Waals surface area contributed by atoms with Crippen LogP contribution in [-0.4, -0.2) is 43.9 Å². The Labute approximate surface area is 122 Å². The quantitative estimate of drug-likeness (QED) is 0.911. The number of rotatable bonds is 2. The molecule has 1 saturated heterocycles. The zero-order chi connectivity index (χ0) is 15.1. The van der Waals surface area contributed by atoms with Gasteiger partial charge in [0.15, 0.2) is 0 Å². The summed E-state index contributed by atoms with van der Waals surface area (Å²) >= 11 is 0. The zero-order valence-electron chi connectivity index (χ0n) is 12.0. The molecular weight excluding hydrogens is 270 g/mol. The van der Waals surface area contributed by atoms with Crippen molar-refractivity contribution >= 4 is 17.5 Å². The number of hydrogen-bond donors (Lipinski definition) is 1. The summed E-state index contributed by atoms with van der Waals surface area (Å²) in [6.45, 7) is 4.22. The van der Waals surface area contributed by atoms with E-state index in [1.165, 1.54) is 4.90 Å². The van der Waals surface area contributed by atoms with Crippen molar-refractivity contribution in [1.29, 1.82) is 0 Å². The topological polar surface area (TPSA) is 74.9 Å². The molecule has 2 aromatic rings. The number of carbonyl (C=O) groups excluding carboxylic acids is 1. The molecule has 2 aromatic heterocycles. The maximum atomic E-state index is 12.7. The fourth-order valence-corrected chi connectivity index (χ4v) is 2.92. The Morgan fingerprint density at radius 1 is 1.38 bits per heavy atom. The van der Waals surface area contributed by atoms with Crippen LogP contribution in [0.3, 0.4) is 0 Å². The van der Waals surface area contributed by atoms with Crippen molar-refractivity contribution in [2.24, 2.45) is 0 Å². The van der Waals surface area contributed by atoms with Crippen molar-refractivity contribution in [3.63, 3.8) is 0 Å². The van der Waals surface area contributed by atoms with E-state index in [9.17, 15) is 14.7 Å². The van der Waals surface area contributed by atoms with Crippen LogP contribution >= 0.6 is 0 Å². The number of imidazole rings is 1. The maximum absolute atomic E-state index is 12.7. The molecule has 0 aliphatic carbocycles. The van der Waals surface area contributed by atoms with Gasteiger partial charge in [-0.25, -0.2) is 9.78 Å². The summed E-state index contributed by atoms with van der Waals surface area (Å²) < 4.78 is 1.74. The van der Waals surface area contributed by atoms with Gasteiger partial charge in [0.1, 0.15) is 17.4 Å². The number of aromatic nitrogens is 2. The first kappa shape index (κ1) is 13.6. The Kier molecular flexibility index (Phi) is 3.16. The summed E-state index contributed by atoms with van der Waals surface area (Å²) in [5.41, 5.74) is 2.86. The number of fused-ring (bicyclic) bond motifs is 1. The number of carbonyl (C=O) groups is 2. The van der Waals surface area contributed by atoms with Gasteiger partial charge in [0, 0.05) is 12.7 Å². The van der Waals surface area contributed by atoms with Crippen molar-refractivity contribution in [2.75, 3.05) is 6.54 Å². The number of aryl methyl sites for hydroxylation is 2. The van der Waals surface area contributed by atoms with E-state index in [0.717, 1.165) is 12.0 Å². The molecule has 1 aliphatic heterocycles. The fraction of sp³-hybridized carbons (Fsp3) is 0.400. The van der Waals surface area contributed by atoms with Gasteiger partial charge in [-0.1, -0.05) is 0 Å². The molecule has 1 fully saturated rings. The Hall–Kier alpha value is -2.37. The average Bonchev–Trinajstić information content (AvgIpc) is 3.01. The number of likely N-dealkylation sites (tertiary alicyclic amines) is 1. The van der Waals surface area contributed by atoms with Crippen LogP contribution in [0.2, 0.25) is 0 Å². The molecule has 6 nitrogen and oxygen atoms in total. The second-order valence-electron chi connectivity index (χ2n) is 5.47. The third-order valence-corrected chi connectivity index (χ3v) is 3.96. The van der Waals surface area contributed by atoms with Crippen LogP contribution < -0.4 is 0 Å². The standard InChI is InChI=1S/C15H17N3O3/c1-9-5-7-18-12(8-9)16-10(2)13(18)14(19)17-6-3-4-11(17)15(20)21/h5,7-8,11H,3-4,6H2,1-2H3,(H,20,21). The Balaban J connectivity index is 2.06. The SMILES string of the molecule is Cc1ccn2c(C(=O)N3CCCC3C(=O)O)c(C)nc2c1. The summed E-state index contributed by atoms with van der Waals surface area (Å²) in [4.78, 5) is 29.9. The molecule has 110 valence electrons. The van der Waals surface area contributed by atoms with Gasteiger partial charge in [0.25, 0.3) is 5.91 Å². The van der Waals surface area contributed by atoms with Gasteiger partial charge in [0.2, 0.25) is 0 Å². The van der Waals surface area contributed by atoms with Crippen molar-refractivity contribution in [3.8, 4) is 0 Å². The summed E-state index contributed by atoms with van der Waals surface area (Å²) in [5, 5.41) is 9.23. The molecule has 1 atom stereocenters. The predicted molar refractivity (Wildman–Crippen MR) is 76.4 cm³/mol. The van der Waals surface area contributed by atoms with E-state index < -0.39 is 12.0 Å². The van der Waals surface area contributed by atoms with Crippen molar-refractivity contribution in [1.82, 2.24) is 14.3 Å². The van der Waals surface area contributed by atoms with E-state index in [2.05, 4.69) is 4.98 Å². The van der Waals surface area contributed by atoms with Crippen LogP contribution in [0.15, 0.2) is 18.3 Å². The molecule has 3 rings (SSSR count). The van der Waals surface area contributed by atoms with Gasteiger partial charge in [-0.15, -0.1) is 0 Å². The van der Waals surface area contributed by atoms with Gasteiger partial charge >= 0.3 is 5.97 Å². The monoisotopic (exact) mass is 287 g/mol. The Morgan fingerprint density at radius 2 is 2.14 bits per heavy atom. The lowest BCUT2D eigenvalue weighted by Gasteiger charge is -2.21. The summed E-state index contributed by atoms with van der Waals surface area (Å²) in [7, 11) is 0. The fourth-order valence-electron chi connectivity index (χ4n) is 2.92. The molecule has 1 amide bonds. The minimum atomic E-state index is -0.942. The molecule has 3 heterocycles. The predicted octanol–water partition coefficient (Wildman–Crippen LogP) is 1.64.